The van der Waals surface area contributed by atoms with E-state index in [1.807, 2.05) is 18.2 Å². The average molecular weight is 228 g/mol. The van der Waals surface area contributed by atoms with Gasteiger partial charge in [0.2, 0.25) is 0 Å². The van der Waals surface area contributed by atoms with Gasteiger partial charge in [0.25, 0.3) is 0 Å². The number of hydrogen-bond acceptors (Lipinski definition) is 2. The number of rotatable bonds is 6. The summed E-state index contributed by atoms with van der Waals surface area (Å²) in [4.78, 5) is 0. The first-order valence-corrected chi connectivity index (χ1v) is 5.74. The summed E-state index contributed by atoms with van der Waals surface area (Å²) in [5, 5.41) is 13.2. The van der Waals surface area contributed by atoms with E-state index < -0.39 is 0 Å². The molecule has 0 aliphatic rings. The van der Waals surface area contributed by atoms with Crippen molar-refractivity contribution in [2.45, 2.75) is 32.9 Å². The largest absolute Gasteiger partial charge is 0.392 e. The summed E-state index contributed by atoms with van der Waals surface area (Å²) in [7, 11) is 0. The quantitative estimate of drug-likeness (QED) is 0.733. The Balaban J connectivity index is 2.54. The molecule has 0 radical (unpaired) electrons. The summed E-state index contributed by atoms with van der Waals surface area (Å²) in [6.45, 7) is 4.02. The predicted octanol–water partition coefficient (Wildman–Crippen LogP) is 2.72. The molecular formula is C12H18ClNO. The number of nitrogens with one attached hydrogen (secondary N) is 1. The van der Waals surface area contributed by atoms with E-state index in [0.29, 0.717) is 0 Å². The van der Waals surface area contributed by atoms with Gasteiger partial charge in [-0.2, -0.15) is 0 Å². The van der Waals surface area contributed by atoms with Crippen LogP contribution in [0.2, 0.25) is 5.02 Å². The third-order valence-corrected chi connectivity index (χ3v) is 2.60. The zero-order valence-corrected chi connectivity index (χ0v) is 9.85. The SMILES string of the molecule is CCCCNCc1cc(Cl)ccc1CO. The second-order valence-corrected chi connectivity index (χ2v) is 4.04. The standard InChI is InChI=1S/C12H18ClNO/c1-2-3-6-14-8-11-7-12(13)5-4-10(11)9-15/h4-5,7,14-15H,2-3,6,8-9H2,1H3. The lowest BCUT2D eigenvalue weighted by molar-refractivity contribution is 0.280. The summed E-state index contributed by atoms with van der Waals surface area (Å²) in [5.74, 6) is 0. The fourth-order valence-electron chi connectivity index (χ4n) is 1.44. The molecule has 2 N–H and O–H groups in total. The van der Waals surface area contributed by atoms with E-state index in [0.717, 1.165) is 29.2 Å². The molecule has 0 aliphatic carbocycles. The summed E-state index contributed by atoms with van der Waals surface area (Å²) >= 11 is 5.90. The molecule has 3 heteroatoms. The Kier molecular flexibility index (Phi) is 5.69. The molecule has 15 heavy (non-hydrogen) atoms. The Morgan fingerprint density at radius 1 is 1.33 bits per heavy atom. The van der Waals surface area contributed by atoms with Crippen LogP contribution in [-0.4, -0.2) is 11.7 Å². The molecule has 2 nitrogen and oxygen atoms in total. The van der Waals surface area contributed by atoms with Crippen molar-refractivity contribution >= 4 is 11.6 Å². The molecule has 1 rings (SSSR count). The van der Waals surface area contributed by atoms with Gasteiger partial charge in [-0.25, -0.2) is 0 Å². The van der Waals surface area contributed by atoms with Crippen LogP contribution < -0.4 is 5.32 Å². The van der Waals surface area contributed by atoms with E-state index in [9.17, 15) is 0 Å². The number of hydrogen-bond donors (Lipinski definition) is 2. The highest BCUT2D eigenvalue weighted by molar-refractivity contribution is 6.30. The van der Waals surface area contributed by atoms with Gasteiger partial charge in [0, 0.05) is 11.6 Å². The van der Waals surface area contributed by atoms with Gasteiger partial charge in [-0.1, -0.05) is 31.0 Å². The topological polar surface area (TPSA) is 32.3 Å². The second-order valence-electron chi connectivity index (χ2n) is 3.60. The number of aliphatic hydroxyl groups is 1. The van der Waals surface area contributed by atoms with E-state index in [1.54, 1.807) is 0 Å². The molecule has 1 aromatic carbocycles. The van der Waals surface area contributed by atoms with Crippen molar-refractivity contribution in [2.75, 3.05) is 6.54 Å². The van der Waals surface area contributed by atoms with E-state index >= 15 is 0 Å². The highest BCUT2D eigenvalue weighted by Crippen LogP contribution is 2.16. The molecule has 0 atom stereocenters. The first-order valence-electron chi connectivity index (χ1n) is 5.36. The molecule has 0 saturated heterocycles. The fourth-order valence-corrected chi connectivity index (χ4v) is 1.63. The minimum Gasteiger partial charge on any atom is -0.392 e. The number of benzene rings is 1. The number of halogens is 1. The molecule has 0 aliphatic heterocycles. The summed E-state index contributed by atoms with van der Waals surface area (Å²) in [6.07, 6.45) is 2.37. The fraction of sp³-hybridized carbons (Fsp3) is 0.500. The monoisotopic (exact) mass is 227 g/mol. The highest BCUT2D eigenvalue weighted by atomic mass is 35.5. The van der Waals surface area contributed by atoms with Crippen LogP contribution in [0, 0.1) is 0 Å². The predicted molar refractivity (Wildman–Crippen MR) is 64.0 cm³/mol. The van der Waals surface area contributed by atoms with E-state index in [-0.39, 0.29) is 6.61 Å². The molecule has 0 bridgehead atoms. The summed E-state index contributed by atoms with van der Waals surface area (Å²) in [6, 6.07) is 5.59. The molecule has 0 amide bonds. The lowest BCUT2D eigenvalue weighted by atomic mass is 10.1. The van der Waals surface area contributed by atoms with Crippen molar-refractivity contribution in [1.82, 2.24) is 5.32 Å². The summed E-state index contributed by atoms with van der Waals surface area (Å²) < 4.78 is 0. The van der Waals surface area contributed by atoms with Gasteiger partial charge >= 0.3 is 0 Å². The van der Waals surface area contributed by atoms with Gasteiger partial charge in [-0.3, -0.25) is 0 Å². The van der Waals surface area contributed by atoms with Gasteiger partial charge in [0.05, 0.1) is 6.61 Å². The van der Waals surface area contributed by atoms with E-state index in [2.05, 4.69) is 12.2 Å². The Morgan fingerprint density at radius 2 is 2.13 bits per heavy atom. The van der Waals surface area contributed by atoms with Crippen molar-refractivity contribution in [3.63, 3.8) is 0 Å². The van der Waals surface area contributed by atoms with Crippen molar-refractivity contribution in [1.29, 1.82) is 0 Å². The van der Waals surface area contributed by atoms with Crippen LogP contribution >= 0.6 is 11.6 Å². The maximum atomic E-state index is 9.14. The normalized spacial score (nSPS) is 10.6. The molecule has 0 aromatic heterocycles. The minimum atomic E-state index is 0.0714. The van der Waals surface area contributed by atoms with Gasteiger partial charge in [0.1, 0.15) is 0 Å². The Hall–Kier alpha value is -0.570. The van der Waals surface area contributed by atoms with Crippen LogP contribution in [0.5, 0.6) is 0 Å². The van der Waals surface area contributed by atoms with Gasteiger partial charge in [-0.05, 0) is 36.2 Å². The maximum absolute atomic E-state index is 9.14. The molecule has 0 unspecified atom stereocenters. The third-order valence-electron chi connectivity index (χ3n) is 2.36. The average Bonchev–Trinajstić information content (AvgIpc) is 2.25. The molecule has 0 saturated carbocycles. The molecule has 0 heterocycles. The first kappa shape index (κ1) is 12.5. The maximum Gasteiger partial charge on any atom is 0.0685 e. The molecule has 0 fully saturated rings. The Bertz CT molecular complexity index is 302. The van der Waals surface area contributed by atoms with Crippen LogP contribution in [0.4, 0.5) is 0 Å². The van der Waals surface area contributed by atoms with Crippen LogP contribution in [0.3, 0.4) is 0 Å². The van der Waals surface area contributed by atoms with Crippen molar-refractivity contribution < 1.29 is 5.11 Å². The Labute approximate surface area is 96.3 Å². The smallest absolute Gasteiger partial charge is 0.0685 e. The number of unbranched alkanes of at least 4 members (excludes halogenated alkanes) is 1. The molecule has 84 valence electrons. The van der Waals surface area contributed by atoms with Crippen LogP contribution in [0.25, 0.3) is 0 Å². The molecule has 1 aromatic rings. The van der Waals surface area contributed by atoms with Crippen molar-refractivity contribution in [3.05, 3.63) is 34.3 Å². The third kappa shape index (κ3) is 4.20. The van der Waals surface area contributed by atoms with Crippen LogP contribution in [0.1, 0.15) is 30.9 Å². The second kappa shape index (κ2) is 6.83. The zero-order valence-electron chi connectivity index (χ0n) is 9.09. The highest BCUT2D eigenvalue weighted by Gasteiger charge is 2.01. The first-order chi connectivity index (χ1) is 7.27. The lowest BCUT2D eigenvalue weighted by Crippen LogP contribution is -2.15. The van der Waals surface area contributed by atoms with Gasteiger partial charge in [-0.15, -0.1) is 0 Å². The summed E-state index contributed by atoms with van der Waals surface area (Å²) in [5.41, 5.74) is 2.03. The van der Waals surface area contributed by atoms with Gasteiger partial charge < -0.3 is 10.4 Å². The molecule has 0 spiro atoms. The van der Waals surface area contributed by atoms with Crippen LogP contribution in [0.15, 0.2) is 18.2 Å². The van der Waals surface area contributed by atoms with E-state index in [4.69, 9.17) is 16.7 Å². The zero-order chi connectivity index (χ0) is 11.1. The Morgan fingerprint density at radius 3 is 2.80 bits per heavy atom. The molecular weight excluding hydrogens is 210 g/mol. The lowest BCUT2D eigenvalue weighted by Gasteiger charge is -2.09. The minimum absolute atomic E-state index is 0.0714. The van der Waals surface area contributed by atoms with Crippen LogP contribution in [-0.2, 0) is 13.2 Å². The van der Waals surface area contributed by atoms with Crippen molar-refractivity contribution in [2.24, 2.45) is 0 Å². The number of aliphatic hydroxyl groups excluding tert-OH is 1. The van der Waals surface area contributed by atoms with Crippen molar-refractivity contribution in [3.8, 4) is 0 Å². The van der Waals surface area contributed by atoms with E-state index in [1.165, 1.54) is 12.8 Å². The van der Waals surface area contributed by atoms with Gasteiger partial charge in [0.15, 0.2) is 0 Å².